The van der Waals surface area contributed by atoms with E-state index in [1.54, 1.807) is 0 Å². The molecule has 1 atom stereocenters. The van der Waals surface area contributed by atoms with Gasteiger partial charge < -0.3 is 5.32 Å². The molecule has 0 amide bonds. The van der Waals surface area contributed by atoms with Gasteiger partial charge in [0.25, 0.3) is 0 Å². The first kappa shape index (κ1) is 7.72. The Kier molecular flexibility index (Phi) is 3.43. The zero-order chi connectivity index (χ0) is 7.23. The molecule has 1 aliphatic rings. The maximum absolute atomic E-state index is 3.62. The van der Waals surface area contributed by atoms with Crippen molar-refractivity contribution < 1.29 is 0 Å². The molecule has 0 aromatic carbocycles. The van der Waals surface area contributed by atoms with Crippen LogP contribution in [0.4, 0.5) is 0 Å². The second-order valence-corrected chi connectivity index (χ2v) is 2.25. The van der Waals surface area contributed by atoms with Crippen LogP contribution in [0.3, 0.4) is 0 Å². The topological polar surface area (TPSA) is 36.1 Å². The molecule has 0 aromatic rings. The lowest BCUT2D eigenvalue weighted by molar-refractivity contribution is 0.420. The fourth-order valence-corrected chi connectivity index (χ4v) is 0.901. The first-order valence-corrected chi connectivity index (χ1v) is 3.58. The van der Waals surface area contributed by atoms with E-state index in [-0.39, 0.29) is 0 Å². The van der Waals surface area contributed by atoms with E-state index in [9.17, 15) is 0 Å². The van der Waals surface area contributed by atoms with Gasteiger partial charge in [-0.2, -0.15) is 0 Å². The molecule has 57 valence electrons. The van der Waals surface area contributed by atoms with Crippen molar-refractivity contribution in [2.75, 3.05) is 19.6 Å². The fourth-order valence-electron chi connectivity index (χ4n) is 0.901. The third kappa shape index (κ3) is 2.47. The van der Waals surface area contributed by atoms with Crippen LogP contribution in [0.25, 0.3) is 0 Å². The molecule has 1 radical (unpaired) electrons. The molecule has 1 aliphatic heterocycles. The van der Waals surface area contributed by atoms with E-state index >= 15 is 0 Å². The van der Waals surface area contributed by atoms with Crippen LogP contribution in [-0.2, 0) is 0 Å². The van der Waals surface area contributed by atoms with E-state index < -0.39 is 0 Å². The van der Waals surface area contributed by atoms with Gasteiger partial charge in [0.1, 0.15) is 0 Å². The van der Waals surface area contributed by atoms with Crippen LogP contribution in [-0.4, -0.2) is 25.8 Å². The van der Waals surface area contributed by atoms with Gasteiger partial charge in [-0.05, 0) is 0 Å². The van der Waals surface area contributed by atoms with E-state index in [2.05, 4.69) is 22.5 Å². The molecule has 0 aromatic heterocycles. The van der Waals surface area contributed by atoms with Gasteiger partial charge in [0.15, 0.2) is 0 Å². The van der Waals surface area contributed by atoms with E-state index in [4.69, 9.17) is 0 Å². The first-order chi connectivity index (χ1) is 4.93. The monoisotopic (exact) mass is 140 g/mol. The summed E-state index contributed by atoms with van der Waals surface area (Å²) in [5.74, 6) is 0. The summed E-state index contributed by atoms with van der Waals surface area (Å²) in [6.45, 7) is 8.52. The number of piperazine rings is 1. The molecule has 1 saturated heterocycles. The average Bonchev–Trinajstić information content (AvgIpc) is 2.03. The standard InChI is InChI=1S/C7H14N3/c1-2-3-9-7-6-8-4-5-10-7/h2,6-10H,1,3-5H2. The molecule has 1 unspecified atom stereocenters. The van der Waals surface area contributed by atoms with Crippen molar-refractivity contribution in [1.82, 2.24) is 16.0 Å². The van der Waals surface area contributed by atoms with Crippen molar-refractivity contribution in [3.8, 4) is 0 Å². The highest BCUT2D eigenvalue weighted by atomic mass is 15.2. The Morgan fingerprint density at radius 2 is 2.60 bits per heavy atom. The second-order valence-electron chi connectivity index (χ2n) is 2.25. The summed E-state index contributed by atoms with van der Waals surface area (Å²) in [4.78, 5) is 0. The lowest BCUT2D eigenvalue weighted by Gasteiger charge is -2.24. The number of hydrogen-bond donors (Lipinski definition) is 3. The van der Waals surface area contributed by atoms with E-state index in [1.165, 1.54) is 0 Å². The largest absolute Gasteiger partial charge is 0.309 e. The Morgan fingerprint density at radius 1 is 1.70 bits per heavy atom. The van der Waals surface area contributed by atoms with Crippen molar-refractivity contribution in [2.45, 2.75) is 6.17 Å². The molecule has 0 bridgehead atoms. The molecule has 3 N–H and O–H groups in total. The molecule has 0 saturated carbocycles. The SMILES string of the molecule is C=CCNC1[CH]NCCN1. The molecule has 10 heavy (non-hydrogen) atoms. The molecular weight excluding hydrogens is 126 g/mol. The van der Waals surface area contributed by atoms with Crippen LogP contribution in [0.1, 0.15) is 0 Å². The van der Waals surface area contributed by atoms with Crippen molar-refractivity contribution in [3.63, 3.8) is 0 Å². The normalized spacial score (nSPS) is 26.2. The van der Waals surface area contributed by atoms with Crippen molar-refractivity contribution >= 4 is 0 Å². The predicted octanol–water partition coefficient (Wildman–Crippen LogP) is -0.557. The summed E-state index contributed by atoms with van der Waals surface area (Å²) in [6, 6.07) is 0. The fraction of sp³-hybridized carbons (Fsp3) is 0.571. The highest BCUT2D eigenvalue weighted by Crippen LogP contribution is 1.85. The average molecular weight is 140 g/mol. The van der Waals surface area contributed by atoms with Crippen LogP contribution < -0.4 is 16.0 Å². The molecular formula is C7H14N3. The van der Waals surface area contributed by atoms with Crippen LogP contribution in [0.15, 0.2) is 12.7 Å². The smallest absolute Gasteiger partial charge is 0.0749 e. The van der Waals surface area contributed by atoms with Crippen LogP contribution in [0, 0.1) is 6.54 Å². The molecule has 1 fully saturated rings. The molecule has 1 rings (SSSR count). The summed E-state index contributed by atoms with van der Waals surface area (Å²) in [5.41, 5.74) is 0. The lowest BCUT2D eigenvalue weighted by atomic mass is 10.3. The highest BCUT2D eigenvalue weighted by Gasteiger charge is 2.09. The van der Waals surface area contributed by atoms with Crippen molar-refractivity contribution in [1.29, 1.82) is 0 Å². The van der Waals surface area contributed by atoms with Gasteiger partial charge in [0.2, 0.25) is 0 Å². The Morgan fingerprint density at radius 3 is 3.20 bits per heavy atom. The maximum Gasteiger partial charge on any atom is 0.0749 e. The summed E-state index contributed by atoms with van der Waals surface area (Å²) < 4.78 is 0. The minimum absolute atomic E-state index is 0.298. The van der Waals surface area contributed by atoms with Crippen molar-refractivity contribution in [3.05, 3.63) is 19.2 Å². The lowest BCUT2D eigenvalue weighted by Crippen LogP contribution is -2.52. The van der Waals surface area contributed by atoms with Crippen LogP contribution in [0.2, 0.25) is 0 Å². The molecule has 1 heterocycles. The number of nitrogens with one attached hydrogen (secondary N) is 3. The van der Waals surface area contributed by atoms with Gasteiger partial charge in [-0.1, -0.05) is 6.08 Å². The van der Waals surface area contributed by atoms with Gasteiger partial charge in [-0.25, -0.2) is 0 Å². The summed E-state index contributed by atoms with van der Waals surface area (Å²) in [7, 11) is 0. The minimum atomic E-state index is 0.298. The minimum Gasteiger partial charge on any atom is -0.309 e. The third-order valence-electron chi connectivity index (χ3n) is 1.40. The highest BCUT2D eigenvalue weighted by molar-refractivity contribution is 4.85. The van der Waals surface area contributed by atoms with Crippen molar-refractivity contribution in [2.24, 2.45) is 0 Å². The van der Waals surface area contributed by atoms with E-state index in [1.807, 2.05) is 12.6 Å². The quantitative estimate of drug-likeness (QED) is 0.460. The Labute approximate surface area is 61.9 Å². The Balaban J connectivity index is 2.07. The van der Waals surface area contributed by atoms with Gasteiger partial charge in [-0.15, -0.1) is 6.58 Å². The van der Waals surface area contributed by atoms with Gasteiger partial charge >= 0.3 is 0 Å². The summed E-state index contributed by atoms with van der Waals surface area (Å²) in [6.07, 6.45) is 2.15. The summed E-state index contributed by atoms with van der Waals surface area (Å²) >= 11 is 0. The molecule has 0 spiro atoms. The molecule has 3 nitrogen and oxygen atoms in total. The van der Waals surface area contributed by atoms with Gasteiger partial charge in [0, 0.05) is 19.6 Å². The number of hydrogen-bond acceptors (Lipinski definition) is 3. The summed E-state index contributed by atoms with van der Waals surface area (Å²) in [5, 5.41) is 9.66. The van der Waals surface area contributed by atoms with Crippen LogP contribution in [0.5, 0.6) is 0 Å². The van der Waals surface area contributed by atoms with Gasteiger partial charge in [-0.3, -0.25) is 10.6 Å². The van der Waals surface area contributed by atoms with Gasteiger partial charge in [0.05, 0.1) is 12.7 Å². The van der Waals surface area contributed by atoms with E-state index in [0.29, 0.717) is 6.17 Å². The third-order valence-corrected chi connectivity index (χ3v) is 1.40. The predicted molar refractivity (Wildman–Crippen MR) is 42.3 cm³/mol. The van der Waals surface area contributed by atoms with E-state index in [0.717, 1.165) is 19.6 Å². The Hall–Kier alpha value is -0.380. The second kappa shape index (κ2) is 4.44. The maximum atomic E-state index is 3.62. The number of rotatable bonds is 3. The zero-order valence-corrected chi connectivity index (χ0v) is 6.06. The van der Waals surface area contributed by atoms with Crippen LogP contribution >= 0.6 is 0 Å². The Bertz CT molecular complexity index is 97.0. The molecule has 3 heteroatoms. The zero-order valence-electron chi connectivity index (χ0n) is 6.06. The first-order valence-electron chi connectivity index (χ1n) is 3.58. The molecule has 0 aliphatic carbocycles.